The number of nitrogens with two attached hydrogens (primary N) is 1. The molecule has 0 heterocycles. The zero-order valence-corrected chi connectivity index (χ0v) is 10.8. The molecule has 0 aromatic heterocycles. The molecule has 0 radical (unpaired) electrons. The van der Waals surface area contributed by atoms with Crippen LogP contribution in [0.5, 0.6) is 5.75 Å². The lowest BCUT2D eigenvalue weighted by atomic mass is 10.2. The summed E-state index contributed by atoms with van der Waals surface area (Å²) in [5.74, 6) is 0.646. The van der Waals surface area contributed by atoms with Crippen LogP contribution in [0.1, 0.15) is 12.5 Å². The van der Waals surface area contributed by atoms with E-state index in [0.29, 0.717) is 28.9 Å². The van der Waals surface area contributed by atoms with Gasteiger partial charge < -0.3 is 15.2 Å². The predicted molar refractivity (Wildman–Crippen MR) is 65.2 cm³/mol. The fraction of sp³-hybridized carbons (Fsp3) is 0.455. The minimum absolute atomic E-state index is 0.333. The standard InChI is InChI=1S/C11H15Cl2NO2/c1-7(15)5-14-6-8-3-9(12)4-10(13)11(8)16-2/h3-4,7,14-15H,5-6H2,1-2H3/p+1/t7-/m0/s1. The third-order valence-electron chi connectivity index (χ3n) is 2.16. The Kier molecular flexibility index (Phi) is 5.35. The molecule has 0 spiro atoms. The van der Waals surface area contributed by atoms with Crippen LogP contribution in [0.2, 0.25) is 10.0 Å². The summed E-state index contributed by atoms with van der Waals surface area (Å²) in [6, 6.07) is 3.48. The van der Waals surface area contributed by atoms with Crippen LogP contribution in [0.15, 0.2) is 12.1 Å². The quantitative estimate of drug-likeness (QED) is 0.846. The fourth-order valence-electron chi connectivity index (χ4n) is 1.47. The molecule has 90 valence electrons. The van der Waals surface area contributed by atoms with E-state index in [2.05, 4.69) is 0 Å². The predicted octanol–water partition coefficient (Wildman–Crippen LogP) is 1.45. The van der Waals surface area contributed by atoms with E-state index in [-0.39, 0.29) is 6.10 Å². The largest absolute Gasteiger partial charge is 0.495 e. The zero-order valence-electron chi connectivity index (χ0n) is 9.34. The second-order valence-corrected chi connectivity index (χ2v) is 4.50. The number of ether oxygens (including phenoxy) is 1. The van der Waals surface area contributed by atoms with Crippen LogP contribution < -0.4 is 10.1 Å². The number of hydrogen-bond donors (Lipinski definition) is 2. The topological polar surface area (TPSA) is 46.1 Å². The van der Waals surface area contributed by atoms with Gasteiger partial charge >= 0.3 is 0 Å². The molecule has 1 atom stereocenters. The molecule has 3 nitrogen and oxygen atoms in total. The molecule has 0 unspecified atom stereocenters. The van der Waals surface area contributed by atoms with Gasteiger partial charge in [-0.15, -0.1) is 0 Å². The summed E-state index contributed by atoms with van der Waals surface area (Å²) in [6.45, 7) is 3.06. The van der Waals surface area contributed by atoms with Crippen LogP contribution in [0, 0.1) is 0 Å². The average Bonchev–Trinajstić information content (AvgIpc) is 2.16. The first-order valence-corrected chi connectivity index (χ1v) is 5.81. The Bertz CT molecular complexity index is 356. The second kappa shape index (κ2) is 6.30. The van der Waals surface area contributed by atoms with Crippen molar-refractivity contribution in [2.24, 2.45) is 0 Å². The van der Waals surface area contributed by atoms with Crippen LogP contribution >= 0.6 is 23.2 Å². The summed E-state index contributed by atoms with van der Waals surface area (Å²) in [7, 11) is 1.58. The first kappa shape index (κ1) is 13.6. The van der Waals surface area contributed by atoms with E-state index in [1.807, 2.05) is 11.4 Å². The highest BCUT2D eigenvalue weighted by Gasteiger charge is 2.11. The summed E-state index contributed by atoms with van der Waals surface area (Å²) in [5.41, 5.74) is 0.931. The minimum Gasteiger partial charge on any atom is -0.495 e. The Balaban J connectivity index is 2.77. The number of aliphatic hydroxyl groups excluding tert-OH is 1. The maximum atomic E-state index is 9.15. The molecule has 0 aliphatic carbocycles. The van der Waals surface area contributed by atoms with Gasteiger partial charge in [-0.1, -0.05) is 23.2 Å². The number of hydrogen-bond acceptors (Lipinski definition) is 2. The zero-order chi connectivity index (χ0) is 12.1. The van der Waals surface area contributed by atoms with E-state index in [1.54, 1.807) is 20.1 Å². The van der Waals surface area contributed by atoms with Gasteiger partial charge in [-0.05, 0) is 19.1 Å². The molecular formula is C11H16Cl2NO2+. The van der Waals surface area contributed by atoms with Crippen molar-refractivity contribution in [3.8, 4) is 5.75 Å². The molecule has 3 N–H and O–H groups in total. The van der Waals surface area contributed by atoms with Gasteiger partial charge in [0.25, 0.3) is 0 Å². The van der Waals surface area contributed by atoms with E-state index in [9.17, 15) is 0 Å². The maximum absolute atomic E-state index is 9.15. The number of benzene rings is 1. The maximum Gasteiger partial charge on any atom is 0.146 e. The molecule has 0 fully saturated rings. The first-order chi connectivity index (χ1) is 7.54. The SMILES string of the molecule is COc1c(Cl)cc(Cl)cc1C[NH2+]C[C@H](C)O. The lowest BCUT2D eigenvalue weighted by molar-refractivity contribution is -0.676. The molecule has 0 amide bonds. The first-order valence-electron chi connectivity index (χ1n) is 5.06. The third kappa shape index (κ3) is 3.83. The van der Waals surface area contributed by atoms with Gasteiger partial charge in [0, 0.05) is 5.02 Å². The van der Waals surface area contributed by atoms with E-state index in [0.717, 1.165) is 5.56 Å². The highest BCUT2D eigenvalue weighted by atomic mass is 35.5. The van der Waals surface area contributed by atoms with Crippen molar-refractivity contribution in [2.45, 2.75) is 19.6 Å². The van der Waals surface area contributed by atoms with E-state index >= 15 is 0 Å². The van der Waals surface area contributed by atoms with Crippen molar-refractivity contribution in [1.29, 1.82) is 0 Å². The Labute approximate surface area is 105 Å². The van der Waals surface area contributed by atoms with E-state index in [4.69, 9.17) is 33.0 Å². The van der Waals surface area contributed by atoms with Crippen LogP contribution in [-0.2, 0) is 6.54 Å². The van der Waals surface area contributed by atoms with Gasteiger partial charge in [-0.2, -0.15) is 0 Å². The normalized spacial score (nSPS) is 12.6. The monoisotopic (exact) mass is 264 g/mol. The minimum atomic E-state index is -0.333. The summed E-state index contributed by atoms with van der Waals surface area (Å²) >= 11 is 11.9. The molecule has 0 aliphatic rings. The molecule has 0 saturated heterocycles. The Hall–Kier alpha value is -0.480. The number of rotatable bonds is 5. The number of aliphatic hydroxyl groups is 1. The van der Waals surface area contributed by atoms with E-state index < -0.39 is 0 Å². The molecule has 1 rings (SSSR count). The van der Waals surface area contributed by atoms with Crippen LogP contribution in [0.3, 0.4) is 0 Å². The Morgan fingerprint density at radius 2 is 2.12 bits per heavy atom. The highest BCUT2D eigenvalue weighted by Crippen LogP contribution is 2.31. The molecule has 1 aromatic carbocycles. The molecule has 0 aliphatic heterocycles. The summed E-state index contributed by atoms with van der Waals surface area (Å²) in [5, 5.41) is 12.2. The molecule has 0 bridgehead atoms. The molecule has 1 aromatic rings. The van der Waals surface area contributed by atoms with Gasteiger partial charge in [-0.3, -0.25) is 0 Å². The van der Waals surface area contributed by atoms with Gasteiger partial charge in [0.2, 0.25) is 0 Å². The Morgan fingerprint density at radius 1 is 1.44 bits per heavy atom. The van der Waals surface area contributed by atoms with Gasteiger partial charge in [0.1, 0.15) is 18.8 Å². The summed E-state index contributed by atoms with van der Waals surface area (Å²) in [6.07, 6.45) is -0.333. The molecule has 5 heteroatoms. The average molecular weight is 265 g/mol. The number of quaternary nitrogens is 1. The summed E-state index contributed by atoms with van der Waals surface area (Å²) < 4.78 is 5.22. The lowest BCUT2D eigenvalue weighted by Gasteiger charge is -2.10. The van der Waals surface area contributed by atoms with Crippen molar-refractivity contribution in [2.75, 3.05) is 13.7 Å². The smallest absolute Gasteiger partial charge is 0.146 e. The van der Waals surface area contributed by atoms with Crippen LogP contribution in [0.4, 0.5) is 0 Å². The van der Waals surface area contributed by atoms with Crippen molar-refractivity contribution >= 4 is 23.2 Å². The Morgan fingerprint density at radius 3 is 2.69 bits per heavy atom. The van der Waals surface area contributed by atoms with Gasteiger partial charge in [0.05, 0.1) is 23.8 Å². The van der Waals surface area contributed by atoms with Crippen LogP contribution in [0.25, 0.3) is 0 Å². The van der Waals surface area contributed by atoms with Crippen molar-refractivity contribution in [3.63, 3.8) is 0 Å². The molecule has 16 heavy (non-hydrogen) atoms. The molecular weight excluding hydrogens is 249 g/mol. The number of halogens is 2. The van der Waals surface area contributed by atoms with Gasteiger partial charge in [0.15, 0.2) is 0 Å². The second-order valence-electron chi connectivity index (χ2n) is 3.66. The third-order valence-corrected chi connectivity index (χ3v) is 2.66. The highest BCUT2D eigenvalue weighted by molar-refractivity contribution is 6.35. The van der Waals surface area contributed by atoms with Crippen molar-refractivity contribution < 1.29 is 15.2 Å². The van der Waals surface area contributed by atoms with Crippen molar-refractivity contribution in [3.05, 3.63) is 27.7 Å². The van der Waals surface area contributed by atoms with Crippen LogP contribution in [-0.4, -0.2) is 24.9 Å². The van der Waals surface area contributed by atoms with E-state index in [1.165, 1.54) is 0 Å². The lowest BCUT2D eigenvalue weighted by Crippen LogP contribution is -2.84. The summed E-state index contributed by atoms with van der Waals surface area (Å²) in [4.78, 5) is 0. The number of methoxy groups -OCH3 is 1. The fourth-order valence-corrected chi connectivity index (χ4v) is 2.09. The van der Waals surface area contributed by atoms with Gasteiger partial charge in [-0.25, -0.2) is 0 Å². The van der Waals surface area contributed by atoms with Crippen molar-refractivity contribution in [1.82, 2.24) is 0 Å². The molecule has 0 saturated carbocycles.